The molecule has 9 nitrogen and oxygen atoms in total. The molecule has 0 bridgehead atoms. The highest BCUT2D eigenvalue weighted by molar-refractivity contribution is 7.91. The van der Waals surface area contributed by atoms with Gasteiger partial charge in [-0.05, 0) is 25.5 Å². The second kappa shape index (κ2) is 8.01. The number of ether oxygens (including phenoxy) is 2. The van der Waals surface area contributed by atoms with Crippen molar-refractivity contribution in [2.75, 3.05) is 18.6 Å². The number of sulfone groups is 1. The molecular formula is C18H21N3O6S. The van der Waals surface area contributed by atoms with Crippen molar-refractivity contribution in [1.29, 1.82) is 0 Å². The SMILES string of the molecule is COc1cn(-c2ccccc2)nc1C(=O)O[C@H](C)C(=O)N[C@H]1CCS(=O)(=O)C1. The maximum Gasteiger partial charge on any atom is 0.363 e. The summed E-state index contributed by atoms with van der Waals surface area (Å²) in [7, 11) is -1.71. The average Bonchev–Trinajstić information content (AvgIpc) is 3.25. The van der Waals surface area contributed by atoms with E-state index in [1.54, 1.807) is 6.20 Å². The Morgan fingerprint density at radius 1 is 1.29 bits per heavy atom. The fraction of sp³-hybridized carbons (Fsp3) is 0.389. The van der Waals surface area contributed by atoms with Crippen LogP contribution >= 0.6 is 0 Å². The molecule has 0 aliphatic carbocycles. The average molecular weight is 407 g/mol. The van der Waals surface area contributed by atoms with Gasteiger partial charge in [-0.1, -0.05) is 18.2 Å². The number of para-hydroxylation sites is 1. The van der Waals surface area contributed by atoms with Gasteiger partial charge in [0.2, 0.25) is 5.69 Å². The molecule has 1 aliphatic rings. The molecule has 0 radical (unpaired) electrons. The molecule has 1 saturated heterocycles. The molecule has 2 heterocycles. The molecule has 28 heavy (non-hydrogen) atoms. The lowest BCUT2D eigenvalue weighted by atomic mass is 10.2. The summed E-state index contributed by atoms with van der Waals surface area (Å²) >= 11 is 0. The maximum absolute atomic E-state index is 12.5. The molecule has 2 atom stereocenters. The Bertz CT molecular complexity index is 970. The van der Waals surface area contributed by atoms with Crippen LogP contribution in [0.15, 0.2) is 36.5 Å². The molecule has 1 N–H and O–H groups in total. The minimum absolute atomic E-state index is 0.0419. The van der Waals surface area contributed by atoms with Crippen LogP contribution in [0.4, 0.5) is 0 Å². The molecule has 0 saturated carbocycles. The van der Waals surface area contributed by atoms with Crippen molar-refractivity contribution < 1.29 is 27.5 Å². The molecule has 0 unspecified atom stereocenters. The Hall–Kier alpha value is -2.88. The lowest BCUT2D eigenvalue weighted by Crippen LogP contribution is -2.42. The first kappa shape index (κ1) is 19.9. The highest BCUT2D eigenvalue weighted by atomic mass is 32.2. The molecule has 1 aromatic heterocycles. The Morgan fingerprint density at radius 2 is 2.00 bits per heavy atom. The summed E-state index contributed by atoms with van der Waals surface area (Å²) < 4.78 is 34.8. The fourth-order valence-corrected chi connectivity index (χ4v) is 4.53. The number of esters is 1. The first-order valence-electron chi connectivity index (χ1n) is 8.70. The molecular weight excluding hydrogens is 386 g/mol. The smallest absolute Gasteiger partial charge is 0.363 e. The molecule has 3 rings (SSSR count). The number of benzene rings is 1. The number of methoxy groups -OCH3 is 1. The van der Waals surface area contributed by atoms with Crippen LogP contribution in [0.25, 0.3) is 5.69 Å². The zero-order chi connectivity index (χ0) is 20.3. The summed E-state index contributed by atoms with van der Waals surface area (Å²) in [5, 5.41) is 6.79. The third kappa shape index (κ3) is 4.50. The zero-order valence-electron chi connectivity index (χ0n) is 15.5. The molecule has 150 valence electrons. The Kier molecular flexibility index (Phi) is 5.68. The fourth-order valence-electron chi connectivity index (χ4n) is 2.86. The van der Waals surface area contributed by atoms with E-state index in [-0.39, 0.29) is 22.9 Å². The topological polar surface area (TPSA) is 117 Å². The number of aromatic nitrogens is 2. The Morgan fingerprint density at radius 3 is 2.61 bits per heavy atom. The number of nitrogens with zero attached hydrogens (tertiary/aromatic N) is 2. The first-order chi connectivity index (χ1) is 13.3. The van der Waals surface area contributed by atoms with Gasteiger partial charge in [0.05, 0.1) is 30.5 Å². The molecule has 1 amide bonds. The van der Waals surface area contributed by atoms with Gasteiger partial charge in [-0.2, -0.15) is 5.10 Å². The van der Waals surface area contributed by atoms with E-state index in [2.05, 4.69) is 10.4 Å². The predicted octanol–water partition coefficient (Wildman–Crippen LogP) is 0.730. The number of carbonyl (C=O) groups is 2. The van der Waals surface area contributed by atoms with Crippen LogP contribution in [0.5, 0.6) is 5.75 Å². The van der Waals surface area contributed by atoms with Crippen molar-refractivity contribution >= 4 is 21.7 Å². The third-order valence-corrected chi connectivity index (χ3v) is 6.11. The molecule has 1 aromatic carbocycles. The van der Waals surface area contributed by atoms with Crippen LogP contribution in [-0.2, 0) is 19.4 Å². The molecule has 1 aliphatic heterocycles. The lowest BCUT2D eigenvalue weighted by Gasteiger charge is -2.16. The van der Waals surface area contributed by atoms with E-state index in [0.29, 0.717) is 6.42 Å². The van der Waals surface area contributed by atoms with Crippen LogP contribution < -0.4 is 10.1 Å². The number of hydrogen-bond acceptors (Lipinski definition) is 7. The van der Waals surface area contributed by atoms with E-state index in [1.807, 2.05) is 30.3 Å². The van der Waals surface area contributed by atoms with Crippen LogP contribution in [0.1, 0.15) is 23.8 Å². The van der Waals surface area contributed by atoms with Gasteiger partial charge in [0.1, 0.15) is 0 Å². The van der Waals surface area contributed by atoms with Gasteiger partial charge >= 0.3 is 5.97 Å². The second-order valence-corrected chi connectivity index (χ2v) is 8.71. The molecule has 0 spiro atoms. The lowest BCUT2D eigenvalue weighted by molar-refractivity contribution is -0.129. The van der Waals surface area contributed by atoms with Crippen molar-refractivity contribution in [1.82, 2.24) is 15.1 Å². The number of carbonyl (C=O) groups excluding carboxylic acids is 2. The molecule has 2 aromatic rings. The van der Waals surface area contributed by atoms with E-state index < -0.39 is 33.9 Å². The van der Waals surface area contributed by atoms with Gasteiger partial charge in [0.15, 0.2) is 21.7 Å². The largest absolute Gasteiger partial charge is 0.493 e. The normalized spacial score (nSPS) is 19.0. The number of hydrogen-bond donors (Lipinski definition) is 1. The summed E-state index contributed by atoms with van der Waals surface area (Å²) in [5.74, 6) is -1.22. The minimum atomic E-state index is -3.12. The third-order valence-electron chi connectivity index (χ3n) is 4.35. The number of amides is 1. The van der Waals surface area contributed by atoms with Crippen LogP contribution in [0.3, 0.4) is 0 Å². The standard InChI is InChI=1S/C18H21N3O6S/c1-12(17(22)19-13-8-9-28(24,25)11-13)27-18(23)16-15(26-2)10-21(20-16)14-6-4-3-5-7-14/h3-7,10,12-13H,8-9,11H2,1-2H3,(H,19,22)/t12-,13+/m1/s1. The van der Waals surface area contributed by atoms with E-state index in [0.717, 1.165) is 5.69 Å². The van der Waals surface area contributed by atoms with E-state index >= 15 is 0 Å². The quantitative estimate of drug-likeness (QED) is 0.702. The van der Waals surface area contributed by atoms with E-state index in [9.17, 15) is 18.0 Å². The van der Waals surface area contributed by atoms with E-state index in [1.165, 1.54) is 18.7 Å². The summed E-state index contributed by atoms with van der Waals surface area (Å²) in [4.78, 5) is 24.7. The van der Waals surface area contributed by atoms with Gasteiger partial charge in [0, 0.05) is 6.04 Å². The second-order valence-electron chi connectivity index (χ2n) is 6.48. The van der Waals surface area contributed by atoms with Crippen molar-refractivity contribution in [3.8, 4) is 11.4 Å². The van der Waals surface area contributed by atoms with Crippen LogP contribution in [0.2, 0.25) is 0 Å². The van der Waals surface area contributed by atoms with Crippen molar-refractivity contribution in [3.05, 3.63) is 42.2 Å². The monoisotopic (exact) mass is 407 g/mol. The van der Waals surface area contributed by atoms with Gasteiger partial charge in [-0.25, -0.2) is 17.9 Å². The summed E-state index contributed by atoms with van der Waals surface area (Å²) in [6, 6.07) is 8.68. The summed E-state index contributed by atoms with van der Waals surface area (Å²) in [6.07, 6.45) is 0.784. The van der Waals surface area contributed by atoms with E-state index in [4.69, 9.17) is 9.47 Å². The van der Waals surface area contributed by atoms with Gasteiger partial charge in [0.25, 0.3) is 5.91 Å². The van der Waals surface area contributed by atoms with Crippen molar-refractivity contribution in [2.24, 2.45) is 0 Å². The highest BCUT2D eigenvalue weighted by Crippen LogP contribution is 2.21. The van der Waals surface area contributed by atoms with Gasteiger partial charge in [-0.15, -0.1) is 0 Å². The van der Waals surface area contributed by atoms with Gasteiger partial charge < -0.3 is 14.8 Å². The highest BCUT2D eigenvalue weighted by Gasteiger charge is 2.31. The van der Waals surface area contributed by atoms with Gasteiger partial charge in [-0.3, -0.25) is 4.79 Å². The van der Waals surface area contributed by atoms with Crippen LogP contribution in [0, 0.1) is 0 Å². The number of nitrogens with one attached hydrogen (secondary N) is 1. The first-order valence-corrected chi connectivity index (χ1v) is 10.5. The summed E-state index contributed by atoms with van der Waals surface area (Å²) in [5.41, 5.74) is 0.669. The summed E-state index contributed by atoms with van der Waals surface area (Å²) in [6.45, 7) is 1.41. The maximum atomic E-state index is 12.5. The van der Waals surface area contributed by atoms with Crippen LogP contribution in [-0.4, -0.2) is 60.8 Å². The predicted molar refractivity (Wildman–Crippen MR) is 100 cm³/mol. The van der Waals surface area contributed by atoms with Crippen molar-refractivity contribution in [3.63, 3.8) is 0 Å². The van der Waals surface area contributed by atoms with Crippen molar-refractivity contribution in [2.45, 2.75) is 25.5 Å². The Labute approximate surface area is 162 Å². The molecule has 1 fully saturated rings. The number of rotatable bonds is 6. The zero-order valence-corrected chi connectivity index (χ0v) is 16.3. The Balaban J connectivity index is 1.67. The molecule has 10 heteroatoms. The minimum Gasteiger partial charge on any atom is -0.493 e.